The number of nitro benzene ring substituents is 2. The molecule has 0 fully saturated rings. The van der Waals surface area contributed by atoms with Crippen LogP contribution in [0.4, 0.5) is 17.1 Å². The third kappa shape index (κ3) is 5.16. The number of carbonyl (C=O) groups is 1. The molecule has 0 aliphatic carbocycles. The monoisotopic (exact) mass is 399 g/mol. The molecule has 1 amide bonds. The van der Waals surface area contributed by atoms with Gasteiger partial charge in [-0.15, -0.1) is 0 Å². The standard InChI is InChI=1S/C21H25N3O5/c1-20(2,3)13-9-14(21(4,5)6)11-15(10-13)22-19(25)17-8-7-16(23(26)27)12-18(17)24(28)29/h7-12H,1-6H3,(H,22,25). The van der Waals surface area contributed by atoms with Crippen molar-refractivity contribution < 1.29 is 14.6 Å². The van der Waals surface area contributed by atoms with Crippen LogP contribution in [0, 0.1) is 20.2 Å². The van der Waals surface area contributed by atoms with Crippen LogP contribution in [0.2, 0.25) is 0 Å². The summed E-state index contributed by atoms with van der Waals surface area (Å²) in [5.74, 6) is -0.697. The smallest absolute Gasteiger partial charge is 0.289 e. The Bertz CT molecular complexity index is 953. The van der Waals surface area contributed by atoms with Gasteiger partial charge < -0.3 is 5.32 Å². The highest BCUT2D eigenvalue weighted by Crippen LogP contribution is 2.33. The van der Waals surface area contributed by atoms with Gasteiger partial charge in [0.25, 0.3) is 17.3 Å². The molecule has 0 bridgehead atoms. The number of anilines is 1. The normalized spacial score (nSPS) is 11.8. The second-order valence-corrected chi connectivity index (χ2v) is 8.97. The fraction of sp³-hybridized carbons (Fsp3) is 0.381. The van der Waals surface area contributed by atoms with Gasteiger partial charge in [0.1, 0.15) is 5.56 Å². The first-order valence-corrected chi connectivity index (χ1v) is 9.10. The van der Waals surface area contributed by atoms with Crippen LogP contribution in [0.25, 0.3) is 0 Å². The molecular weight excluding hydrogens is 374 g/mol. The highest BCUT2D eigenvalue weighted by molar-refractivity contribution is 6.07. The number of rotatable bonds is 4. The fourth-order valence-electron chi connectivity index (χ4n) is 2.74. The SMILES string of the molecule is CC(C)(C)c1cc(NC(=O)c2ccc([N+](=O)[O-])cc2[N+](=O)[O-])cc(C(C)(C)C)c1. The average Bonchev–Trinajstić information content (AvgIpc) is 2.59. The Hall–Kier alpha value is -3.29. The summed E-state index contributed by atoms with van der Waals surface area (Å²) in [5.41, 5.74) is 0.911. The topological polar surface area (TPSA) is 115 Å². The maximum Gasteiger partial charge on any atom is 0.289 e. The summed E-state index contributed by atoms with van der Waals surface area (Å²) in [5, 5.41) is 24.9. The molecule has 0 atom stereocenters. The summed E-state index contributed by atoms with van der Waals surface area (Å²) in [6.45, 7) is 12.3. The lowest BCUT2D eigenvalue weighted by atomic mass is 9.80. The van der Waals surface area contributed by atoms with Crippen LogP contribution in [0.1, 0.15) is 63.0 Å². The molecule has 1 N–H and O–H groups in total. The zero-order valence-electron chi connectivity index (χ0n) is 17.4. The maximum absolute atomic E-state index is 12.8. The quantitative estimate of drug-likeness (QED) is 0.549. The Balaban J connectivity index is 2.50. The van der Waals surface area contributed by atoms with Gasteiger partial charge in [0, 0.05) is 11.8 Å². The molecule has 8 heteroatoms. The predicted molar refractivity (Wildman–Crippen MR) is 112 cm³/mol. The van der Waals surface area contributed by atoms with Gasteiger partial charge in [-0.25, -0.2) is 0 Å². The summed E-state index contributed by atoms with van der Waals surface area (Å²) in [6.07, 6.45) is 0. The van der Waals surface area contributed by atoms with Crippen molar-refractivity contribution in [2.75, 3.05) is 5.32 Å². The lowest BCUT2D eigenvalue weighted by Gasteiger charge is -2.26. The van der Waals surface area contributed by atoms with E-state index in [9.17, 15) is 25.0 Å². The minimum atomic E-state index is -0.798. The Morgan fingerprint density at radius 2 is 1.34 bits per heavy atom. The van der Waals surface area contributed by atoms with E-state index >= 15 is 0 Å². The molecule has 0 unspecified atom stereocenters. The van der Waals surface area contributed by atoms with E-state index in [1.54, 1.807) is 0 Å². The zero-order valence-corrected chi connectivity index (χ0v) is 17.4. The number of nitrogens with zero attached hydrogens (tertiary/aromatic N) is 2. The van der Waals surface area contributed by atoms with E-state index in [-0.39, 0.29) is 16.4 Å². The lowest BCUT2D eigenvalue weighted by Crippen LogP contribution is -2.19. The number of non-ortho nitro benzene ring substituents is 1. The molecule has 0 radical (unpaired) electrons. The Morgan fingerprint density at radius 1 is 0.828 bits per heavy atom. The summed E-state index contributed by atoms with van der Waals surface area (Å²) in [4.78, 5) is 33.4. The van der Waals surface area contributed by atoms with E-state index in [2.05, 4.69) is 52.9 Å². The Morgan fingerprint density at radius 3 is 1.76 bits per heavy atom. The number of hydrogen-bond donors (Lipinski definition) is 1. The van der Waals surface area contributed by atoms with Crippen molar-refractivity contribution in [3.63, 3.8) is 0 Å². The average molecular weight is 399 g/mol. The van der Waals surface area contributed by atoms with E-state index in [0.29, 0.717) is 5.69 Å². The van der Waals surface area contributed by atoms with Gasteiger partial charge in [0.2, 0.25) is 0 Å². The van der Waals surface area contributed by atoms with Crippen LogP contribution in [-0.4, -0.2) is 15.8 Å². The number of carbonyl (C=O) groups excluding carboxylic acids is 1. The molecular formula is C21H25N3O5. The highest BCUT2D eigenvalue weighted by Gasteiger charge is 2.25. The molecule has 2 rings (SSSR count). The molecule has 29 heavy (non-hydrogen) atoms. The van der Waals surface area contributed by atoms with Crippen LogP contribution in [0.15, 0.2) is 36.4 Å². The van der Waals surface area contributed by atoms with Gasteiger partial charge in [-0.3, -0.25) is 25.0 Å². The lowest BCUT2D eigenvalue weighted by molar-refractivity contribution is -0.394. The molecule has 0 saturated carbocycles. The molecule has 0 aliphatic rings. The largest absolute Gasteiger partial charge is 0.322 e. The molecule has 0 saturated heterocycles. The van der Waals surface area contributed by atoms with E-state index in [0.717, 1.165) is 29.3 Å². The first-order valence-electron chi connectivity index (χ1n) is 9.10. The third-order valence-corrected chi connectivity index (χ3v) is 4.56. The second-order valence-electron chi connectivity index (χ2n) is 8.97. The number of nitrogens with one attached hydrogen (secondary N) is 1. The van der Waals surface area contributed by atoms with Crippen LogP contribution in [-0.2, 0) is 10.8 Å². The minimum absolute atomic E-state index is 0.167. The van der Waals surface area contributed by atoms with Crippen LogP contribution >= 0.6 is 0 Å². The summed E-state index contributed by atoms with van der Waals surface area (Å²) in [7, 11) is 0. The van der Waals surface area contributed by atoms with Gasteiger partial charge >= 0.3 is 0 Å². The summed E-state index contributed by atoms with van der Waals surface area (Å²) >= 11 is 0. The van der Waals surface area contributed by atoms with E-state index in [1.165, 1.54) is 0 Å². The van der Waals surface area contributed by atoms with Gasteiger partial charge in [0.15, 0.2) is 0 Å². The maximum atomic E-state index is 12.8. The van der Waals surface area contributed by atoms with Crippen molar-refractivity contribution in [1.29, 1.82) is 0 Å². The van der Waals surface area contributed by atoms with Crippen molar-refractivity contribution in [3.05, 3.63) is 73.3 Å². The highest BCUT2D eigenvalue weighted by atomic mass is 16.6. The number of nitro groups is 2. The van der Waals surface area contributed by atoms with E-state index < -0.39 is 27.1 Å². The van der Waals surface area contributed by atoms with Crippen molar-refractivity contribution in [2.45, 2.75) is 52.4 Å². The van der Waals surface area contributed by atoms with E-state index in [1.807, 2.05) is 12.1 Å². The molecule has 2 aromatic rings. The van der Waals surface area contributed by atoms with Gasteiger partial charge in [-0.05, 0) is 40.2 Å². The van der Waals surface area contributed by atoms with Crippen molar-refractivity contribution in [1.82, 2.24) is 0 Å². The van der Waals surface area contributed by atoms with Crippen LogP contribution in [0.3, 0.4) is 0 Å². The first kappa shape index (κ1) is 22.0. The summed E-state index contributed by atoms with van der Waals surface area (Å²) in [6, 6.07) is 8.73. The van der Waals surface area contributed by atoms with Gasteiger partial charge in [-0.1, -0.05) is 47.6 Å². The summed E-state index contributed by atoms with van der Waals surface area (Å²) < 4.78 is 0. The number of benzene rings is 2. The Labute approximate surface area is 169 Å². The van der Waals surface area contributed by atoms with Crippen molar-refractivity contribution >= 4 is 23.0 Å². The fourth-order valence-corrected chi connectivity index (χ4v) is 2.74. The van der Waals surface area contributed by atoms with Crippen LogP contribution in [0.5, 0.6) is 0 Å². The van der Waals surface area contributed by atoms with Crippen molar-refractivity contribution in [3.8, 4) is 0 Å². The third-order valence-electron chi connectivity index (χ3n) is 4.56. The number of amides is 1. The van der Waals surface area contributed by atoms with Crippen LogP contribution < -0.4 is 5.32 Å². The van der Waals surface area contributed by atoms with Crippen molar-refractivity contribution in [2.24, 2.45) is 0 Å². The Kier molecular flexibility index (Phi) is 5.78. The molecule has 0 aliphatic heterocycles. The minimum Gasteiger partial charge on any atom is -0.322 e. The molecule has 2 aromatic carbocycles. The zero-order chi connectivity index (χ0) is 22.1. The van der Waals surface area contributed by atoms with Gasteiger partial charge in [-0.2, -0.15) is 0 Å². The number of hydrogen-bond acceptors (Lipinski definition) is 5. The van der Waals surface area contributed by atoms with E-state index in [4.69, 9.17) is 0 Å². The molecule has 0 aromatic heterocycles. The molecule has 0 spiro atoms. The predicted octanol–water partition coefficient (Wildman–Crippen LogP) is 5.35. The molecule has 8 nitrogen and oxygen atoms in total. The molecule has 154 valence electrons. The van der Waals surface area contributed by atoms with Gasteiger partial charge in [0.05, 0.1) is 15.9 Å². The first-order chi connectivity index (χ1) is 13.2. The second kappa shape index (κ2) is 7.62. The molecule has 0 heterocycles.